The zero-order chi connectivity index (χ0) is 22.8. The summed E-state index contributed by atoms with van der Waals surface area (Å²) in [5, 5.41) is 0.666. The van der Waals surface area contributed by atoms with E-state index < -0.39 is 5.82 Å². The highest BCUT2D eigenvalue weighted by Crippen LogP contribution is 2.34. The molecule has 0 saturated heterocycles. The highest BCUT2D eigenvalue weighted by atomic mass is 35.5. The van der Waals surface area contributed by atoms with Gasteiger partial charge >= 0.3 is 0 Å². The molecule has 0 unspecified atom stereocenters. The Balaban J connectivity index is 1.67. The van der Waals surface area contributed by atoms with Crippen LogP contribution in [0.2, 0.25) is 5.02 Å². The van der Waals surface area contributed by atoms with Gasteiger partial charge < -0.3 is 9.47 Å². The van der Waals surface area contributed by atoms with Crippen molar-refractivity contribution in [3.05, 3.63) is 96.0 Å². The van der Waals surface area contributed by atoms with Crippen molar-refractivity contribution in [2.24, 2.45) is 0 Å². The molecular weight excluding hydrogens is 441 g/mol. The Morgan fingerprint density at radius 3 is 2.45 bits per heavy atom. The molecule has 0 aliphatic rings. The predicted molar refractivity (Wildman–Crippen MR) is 126 cm³/mol. The number of benzene rings is 3. The van der Waals surface area contributed by atoms with E-state index in [0.29, 0.717) is 28.4 Å². The Morgan fingerprint density at radius 2 is 1.67 bits per heavy atom. The maximum absolute atomic E-state index is 13.6. The Labute approximate surface area is 194 Å². The Bertz CT molecular complexity index is 1460. The summed E-state index contributed by atoms with van der Waals surface area (Å²) >= 11 is 5.95. The van der Waals surface area contributed by atoms with E-state index in [1.165, 1.54) is 18.2 Å². The third kappa shape index (κ3) is 4.33. The Morgan fingerprint density at radius 1 is 0.818 bits per heavy atom. The van der Waals surface area contributed by atoms with Gasteiger partial charge in [-0.15, -0.1) is 0 Å². The number of rotatable bonds is 5. The number of fused-ring (bicyclic) bond motifs is 1. The van der Waals surface area contributed by atoms with Crippen molar-refractivity contribution in [2.45, 2.75) is 0 Å². The average Bonchev–Trinajstić information content (AvgIpc) is 2.86. The van der Waals surface area contributed by atoms with Crippen LogP contribution in [0.5, 0.6) is 17.4 Å². The number of ether oxygens (including phenoxy) is 2. The SMILES string of the molecule is COc1cccc(-c2ccc3nc(-c4cccnc4)nc(Oc4ccc(F)c(Cl)c4)c3c2)c1. The molecule has 2 heterocycles. The number of nitrogens with zero attached hydrogens (tertiary/aromatic N) is 3. The van der Waals surface area contributed by atoms with Crippen LogP contribution in [0, 0.1) is 5.82 Å². The fraction of sp³-hybridized carbons (Fsp3) is 0.0385. The van der Waals surface area contributed by atoms with E-state index in [0.717, 1.165) is 22.4 Å². The second-order valence-corrected chi connectivity index (χ2v) is 7.64. The van der Waals surface area contributed by atoms with Crippen LogP contribution in [0.4, 0.5) is 4.39 Å². The molecule has 2 aromatic heterocycles. The van der Waals surface area contributed by atoms with E-state index in [1.54, 1.807) is 19.5 Å². The molecule has 0 N–H and O–H groups in total. The van der Waals surface area contributed by atoms with Crippen LogP contribution in [0.25, 0.3) is 33.4 Å². The summed E-state index contributed by atoms with van der Waals surface area (Å²) in [4.78, 5) is 13.5. The highest BCUT2D eigenvalue weighted by molar-refractivity contribution is 6.30. The maximum atomic E-state index is 13.6. The van der Waals surface area contributed by atoms with Gasteiger partial charge in [-0.1, -0.05) is 29.8 Å². The van der Waals surface area contributed by atoms with Crippen molar-refractivity contribution in [1.29, 1.82) is 0 Å². The molecule has 0 radical (unpaired) electrons. The van der Waals surface area contributed by atoms with Gasteiger partial charge in [-0.05, 0) is 59.7 Å². The summed E-state index contributed by atoms with van der Waals surface area (Å²) in [7, 11) is 1.63. The lowest BCUT2D eigenvalue weighted by Gasteiger charge is -2.12. The van der Waals surface area contributed by atoms with Gasteiger partial charge in [0, 0.05) is 24.0 Å². The lowest BCUT2D eigenvalue weighted by molar-refractivity contribution is 0.415. The van der Waals surface area contributed by atoms with Crippen LogP contribution in [0.15, 0.2) is 85.2 Å². The molecule has 0 fully saturated rings. The van der Waals surface area contributed by atoms with Crippen molar-refractivity contribution < 1.29 is 13.9 Å². The van der Waals surface area contributed by atoms with Crippen LogP contribution in [-0.2, 0) is 0 Å². The molecule has 7 heteroatoms. The molecule has 0 spiro atoms. The number of pyridine rings is 1. The largest absolute Gasteiger partial charge is 0.497 e. The van der Waals surface area contributed by atoms with Gasteiger partial charge in [0.1, 0.15) is 17.3 Å². The van der Waals surface area contributed by atoms with E-state index >= 15 is 0 Å². The van der Waals surface area contributed by atoms with E-state index in [2.05, 4.69) is 9.97 Å². The number of methoxy groups -OCH3 is 1. The summed E-state index contributed by atoms with van der Waals surface area (Å²) in [5.74, 6) is 1.39. The van der Waals surface area contributed by atoms with Crippen LogP contribution >= 0.6 is 11.6 Å². The van der Waals surface area contributed by atoms with E-state index in [4.69, 9.17) is 26.1 Å². The molecule has 0 saturated carbocycles. The van der Waals surface area contributed by atoms with Crippen LogP contribution in [0.3, 0.4) is 0 Å². The molecule has 5 aromatic rings. The van der Waals surface area contributed by atoms with Gasteiger partial charge in [0.2, 0.25) is 5.88 Å². The van der Waals surface area contributed by atoms with Gasteiger partial charge in [-0.25, -0.2) is 9.37 Å². The number of halogens is 2. The molecule has 0 atom stereocenters. The molecule has 3 aromatic carbocycles. The molecule has 162 valence electrons. The van der Waals surface area contributed by atoms with Crippen molar-refractivity contribution in [1.82, 2.24) is 15.0 Å². The highest BCUT2D eigenvalue weighted by Gasteiger charge is 2.14. The molecule has 33 heavy (non-hydrogen) atoms. The summed E-state index contributed by atoms with van der Waals surface area (Å²) < 4.78 is 25.1. The molecule has 0 bridgehead atoms. The summed E-state index contributed by atoms with van der Waals surface area (Å²) in [6, 6.07) is 21.5. The van der Waals surface area contributed by atoms with Gasteiger partial charge in [0.15, 0.2) is 5.82 Å². The van der Waals surface area contributed by atoms with Gasteiger partial charge in [0.05, 0.1) is 23.0 Å². The first kappa shape index (κ1) is 20.8. The first-order valence-corrected chi connectivity index (χ1v) is 10.5. The summed E-state index contributed by atoms with van der Waals surface area (Å²) in [5.41, 5.74) is 3.36. The third-order valence-corrected chi connectivity index (χ3v) is 5.38. The first-order chi connectivity index (χ1) is 16.1. The zero-order valence-corrected chi connectivity index (χ0v) is 18.3. The minimum Gasteiger partial charge on any atom is -0.497 e. The number of hydrogen-bond donors (Lipinski definition) is 0. The predicted octanol–water partition coefficient (Wildman–Crippen LogP) is 6.95. The molecular formula is C26H17ClFN3O2. The van der Waals surface area contributed by atoms with Crippen molar-refractivity contribution in [3.8, 4) is 39.9 Å². The smallest absolute Gasteiger partial charge is 0.230 e. The number of aromatic nitrogens is 3. The Kier molecular flexibility index (Phi) is 5.59. The summed E-state index contributed by atoms with van der Waals surface area (Å²) in [6.45, 7) is 0. The second-order valence-electron chi connectivity index (χ2n) is 7.24. The second kappa shape index (κ2) is 8.84. The summed E-state index contributed by atoms with van der Waals surface area (Å²) in [6.07, 6.45) is 3.37. The van der Waals surface area contributed by atoms with Crippen LogP contribution in [-0.4, -0.2) is 22.1 Å². The average molecular weight is 458 g/mol. The van der Waals surface area contributed by atoms with Gasteiger partial charge in [-0.2, -0.15) is 4.98 Å². The van der Waals surface area contributed by atoms with Gasteiger partial charge in [-0.3, -0.25) is 4.98 Å². The lowest BCUT2D eigenvalue weighted by atomic mass is 10.0. The fourth-order valence-corrected chi connectivity index (χ4v) is 3.61. The molecule has 0 aliphatic heterocycles. The molecule has 5 rings (SSSR count). The molecule has 5 nitrogen and oxygen atoms in total. The minimum absolute atomic E-state index is 0.0320. The van der Waals surface area contributed by atoms with Crippen molar-refractivity contribution >= 4 is 22.5 Å². The molecule has 0 aliphatic carbocycles. The van der Waals surface area contributed by atoms with Crippen molar-refractivity contribution in [2.75, 3.05) is 7.11 Å². The number of hydrogen-bond acceptors (Lipinski definition) is 5. The van der Waals surface area contributed by atoms with Crippen molar-refractivity contribution in [3.63, 3.8) is 0 Å². The van der Waals surface area contributed by atoms with Gasteiger partial charge in [0.25, 0.3) is 0 Å². The minimum atomic E-state index is -0.520. The first-order valence-electron chi connectivity index (χ1n) is 10.1. The lowest BCUT2D eigenvalue weighted by Crippen LogP contribution is -1.97. The standard InChI is InChI=1S/C26H17ClFN3O2/c1-32-19-6-2-4-16(12-19)17-7-10-24-21(13-17)26(33-20-8-9-23(28)22(27)14-20)31-25(30-24)18-5-3-11-29-15-18/h2-15H,1H3. The van der Waals surface area contributed by atoms with E-state index in [1.807, 2.05) is 54.6 Å². The van der Waals surface area contributed by atoms with Crippen LogP contribution in [0.1, 0.15) is 0 Å². The monoisotopic (exact) mass is 457 g/mol. The zero-order valence-electron chi connectivity index (χ0n) is 17.5. The topological polar surface area (TPSA) is 57.1 Å². The Hall–Kier alpha value is -4.03. The van der Waals surface area contributed by atoms with E-state index in [-0.39, 0.29) is 5.02 Å². The quantitative estimate of drug-likeness (QED) is 0.286. The van der Waals surface area contributed by atoms with E-state index in [9.17, 15) is 4.39 Å². The maximum Gasteiger partial charge on any atom is 0.230 e. The molecule has 0 amide bonds. The third-order valence-electron chi connectivity index (χ3n) is 5.09. The fourth-order valence-electron chi connectivity index (χ4n) is 3.44. The van der Waals surface area contributed by atoms with Crippen LogP contribution < -0.4 is 9.47 Å². The normalized spacial score (nSPS) is 10.9.